The van der Waals surface area contributed by atoms with Gasteiger partial charge in [0.2, 0.25) is 0 Å². The van der Waals surface area contributed by atoms with Crippen LogP contribution in [0.2, 0.25) is 0 Å². The van der Waals surface area contributed by atoms with Crippen LogP contribution >= 0.6 is 0 Å². The molecule has 0 fully saturated rings. The molecule has 0 spiro atoms. The van der Waals surface area contributed by atoms with Gasteiger partial charge in [-0.2, -0.15) is 0 Å². The molecule has 1 aromatic carbocycles. The van der Waals surface area contributed by atoms with Crippen molar-refractivity contribution in [3.05, 3.63) is 60.7 Å². The van der Waals surface area contributed by atoms with Crippen LogP contribution in [-0.2, 0) is 11.3 Å². The minimum atomic E-state index is -1.02. The maximum Gasteiger partial charge on any atom is 0.282 e. The minimum Gasteiger partial charge on any atom is -0.329 e. The largest absolute Gasteiger partial charge is 0.329 e. The van der Waals surface area contributed by atoms with E-state index in [1.54, 1.807) is 12.1 Å². The standard InChI is InChI=1S/C13H13F2NO/c1-3-8-16(13(17)10(2)14)9-11-4-6-12(15)7-5-11/h3-7H,1-2,8-9H2. The van der Waals surface area contributed by atoms with Crippen LogP contribution in [0.4, 0.5) is 8.78 Å². The first-order valence-corrected chi connectivity index (χ1v) is 5.03. The van der Waals surface area contributed by atoms with Crippen molar-refractivity contribution in [3.8, 4) is 0 Å². The summed E-state index contributed by atoms with van der Waals surface area (Å²) in [5, 5.41) is 0. The van der Waals surface area contributed by atoms with Gasteiger partial charge in [-0.1, -0.05) is 24.8 Å². The number of hydrogen-bond donors (Lipinski definition) is 0. The van der Waals surface area contributed by atoms with Crippen LogP contribution in [0.25, 0.3) is 0 Å². The Hall–Kier alpha value is -1.97. The van der Waals surface area contributed by atoms with Gasteiger partial charge in [0, 0.05) is 13.1 Å². The van der Waals surface area contributed by atoms with Gasteiger partial charge < -0.3 is 4.90 Å². The van der Waals surface area contributed by atoms with Gasteiger partial charge in [0.1, 0.15) is 5.82 Å². The normalized spacial score (nSPS) is 9.76. The second kappa shape index (κ2) is 5.94. The van der Waals surface area contributed by atoms with Gasteiger partial charge in [0.15, 0.2) is 5.83 Å². The smallest absolute Gasteiger partial charge is 0.282 e. The molecular weight excluding hydrogens is 224 g/mol. The number of carbonyl (C=O) groups excluding carboxylic acids is 1. The Bertz CT molecular complexity index is 426. The molecule has 0 atom stereocenters. The molecule has 1 rings (SSSR count). The molecule has 90 valence electrons. The molecule has 2 nitrogen and oxygen atoms in total. The average molecular weight is 237 g/mol. The lowest BCUT2D eigenvalue weighted by molar-refractivity contribution is -0.128. The summed E-state index contributed by atoms with van der Waals surface area (Å²) in [4.78, 5) is 12.7. The van der Waals surface area contributed by atoms with E-state index < -0.39 is 11.7 Å². The zero-order chi connectivity index (χ0) is 12.8. The molecule has 17 heavy (non-hydrogen) atoms. The maximum atomic E-state index is 12.8. The van der Waals surface area contributed by atoms with Crippen LogP contribution in [0.15, 0.2) is 49.3 Å². The quantitative estimate of drug-likeness (QED) is 0.569. The lowest BCUT2D eigenvalue weighted by atomic mass is 10.2. The molecule has 0 aromatic heterocycles. The maximum absolute atomic E-state index is 12.8. The van der Waals surface area contributed by atoms with Gasteiger partial charge in [0.25, 0.3) is 5.91 Å². The summed E-state index contributed by atoms with van der Waals surface area (Å²) >= 11 is 0. The number of carbonyl (C=O) groups is 1. The summed E-state index contributed by atoms with van der Waals surface area (Å²) in [5.74, 6) is -2.16. The third-order valence-electron chi connectivity index (χ3n) is 2.16. The zero-order valence-corrected chi connectivity index (χ0v) is 9.33. The Labute approximate surface area is 98.9 Å². The van der Waals surface area contributed by atoms with Crippen molar-refractivity contribution in [1.29, 1.82) is 0 Å². The van der Waals surface area contributed by atoms with E-state index in [1.807, 2.05) is 0 Å². The molecule has 0 N–H and O–H groups in total. The fourth-order valence-electron chi connectivity index (χ4n) is 1.36. The number of amides is 1. The molecule has 1 amide bonds. The summed E-state index contributed by atoms with van der Waals surface area (Å²) in [6.45, 7) is 6.85. The second-order valence-corrected chi connectivity index (χ2v) is 3.51. The average Bonchev–Trinajstić information content (AvgIpc) is 2.30. The summed E-state index contributed by atoms with van der Waals surface area (Å²) < 4.78 is 25.4. The lowest BCUT2D eigenvalue weighted by Crippen LogP contribution is -2.30. The highest BCUT2D eigenvalue weighted by atomic mass is 19.1. The second-order valence-electron chi connectivity index (χ2n) is 3.51. The van der Waals surface area contributed by atoms with E-state index in [0.717, 1.165) is 0 Å². The third-order valence-corrected chi connectivity index (χ3v) is 2.16. The molecule has 4 heteroatoms. The molecule has 0 saturated heterocycles. The molecular formula is C13H13F2NO. The molecule has 0 aliphatic carbocycles. The summed E-state index contributed by atoms with van der Waals surface area (Å²) in [5.41, 5.74) is 0.711. The molecule has 0 aliphatic heterocycles. The Morgan fingerprint density at radius 2 is 1.94 bits per heavy atom. The van der Waals surface area contributed by atoms with Gasteiger partial charge in [-0.05, 0) is 17.7 Å². The van der Waals surface area contributed by atoms with Crippen molar-refractivity contribution in [3.63, 3.8) is 0 Å². The fourth-order valence-corrected chi connectivity index (χ4v) is 1.36. The predicted molar refractivity (Wildman–Crippen MR) is 62.3 cm³/mol. The summed E-state index contributed by atoms with van der Waals surface area (Å²) in [6.07, 6.45) is 1.49. The van der Waals surface area contributed by atoms with Crippen molar-refractivity contribution in [2.45, 2.75) is 6.54 Å². The third kappa shape index (κ3) is 3.83. The van der Waals surface area contributed by atoms with E-state index in [0.29, 0.717) is 5.56 Å². The van der Waals surface area contributed by atoms with E-state index in [4.69, 9.17) is 0 Å². The van der Waals surface area contributed by atoms with E-state index in [2.05, 4.69) is 13.2 Å². The molecule has 0 unspecified atom stereocenters. The molecule has 0 bridgehead atoms. The van der Waals surface area contributed by atoms with E-state index in [-0.39, 0.29) is 18.9 Å². The molecule has 1 aromatic rings. The monoisotopic (exact) mass is 237 g/mol. The Morgan fingerprint density at radius 3 is 2.41 bits per heavy atom. The van der Waals surface area contributed by atoms with Crippen LogP contribution in [0.1, 0.15) is 5.56 Å². The first-order chi connectivity index (χ1) is 8.04. The number of hydrogen-bond acceptors (Lipinski definition) is 1. The van der Waals surface area contributed by atoms with Crippen LogP contribution < -0.4 is 0 Å². The van der Waals surface area contributed by atoms with Crippen molar-refractivity contribution < 1.29 is 13.6 Å². The first-order valence-electron chi connectivity index (χ1n) is 5.03. The van der Waals surface area contributed by atoms with Gasteiger partial charge in [-0.15, -0.1) is 6.58 Å². The van der Waals surface area contributed by atoms with Crippen LogP contribution in [0, 0.1) is 5.82 Å². The highest BCUT2D eigenvalue weighted by Crippen LogP contribution is 2.09. The summed E-state index contributed by atoms with van der Waals surface area (Å²) in [6, 6.07) is 5.66. The molecule has 0 heterocycles. The van der Waals surface area contributed by atoms with Crippen LogP contribution in [0.3, 0.4) is 0 Å². The fraction of sp³-hybridized carbons (Fsp3) is 0.154. The lowest BCUT2D eigenvalue weighted by Gasteiger charge is -2.20. The van der Waals surface area contributed by atoms with Gasteiger partial charge in [-0.3, -0.25) is 4.79 Å². The molecule has 0 radical (unpaired) electrons. The SMILES string of the molecule is C=CCN(Cc1ccc(F)cc1)C(=O)C(=C)F. The Kier molecular flexibility index (Phi) is 4.57. The topological polar surface area (TPSA) is 20.3 Å². The van der Waals surface area contributed by atoms with Crippen molar-refractivity contribution >= 4 is 5.91 Å². The van der Waals surface area contributed by atoms with Crippen LogP contribution in [0.5, 0.6) is 0 Å². The summed E-state index contributed by atoms with van der Waals surface area (Å²) in [7, 11) is 0. The zero-order valence-electron chi connectivity index (χ0n) is 9.33. The number of halogens is 2. The van der Waals surface area contributed by atoms with Crippen molar-refractivity contribution in [1.82, 2.24) is 4.90 Å². The van der Waals surface area contributed by atoms with E-state index in [9.17, 15) is 13.6 Å². The Balaban J connectivity index is 2.79. The van der Waals surface area contributed by atoms with Crippen LogP contribution in [-0.4, -0.2) is 17.4 Å². The first kappa shape index (κ1) is 13.1. The van der Waals surface area contributed by atoms with Crippen molar-refractivity contribution in [2.24, 2.45) is 0 Å². The van der Waals surface area contributed by atoms with E-state index in [1.165, 1.54) is 23.1 Å². The van der Waals surface area contributed by atoms with Gasteiger partial charge in [0.05, 0.1) is 0 Å². The highest BCUT2D eigenvalue weighted by molar-refractivity contribution is 5.90. The Morgan fingerprint density at radius 1 is 1.35 bits per heavy atom. The predicted octanol–water partition coefficient (Wildman–Crippen LogP) is 2.82. The molecule has 0 aliphatic rings. The van der Waals surface area contributed by atoms with Gasteiger partial charge >= 0.3 is 0 Å². The van der Waals surface area contributed by atoms with E-state index >= 15 is 0 Å². The molecule has 0 saturated carbocycles. The highest BCUT2D eigenvalue weighted by Gasteiger charge is 2.15. The van der Waals surface area contributed by atoms with Gasteiger partial charge in [-0.25, -0.2) is 8.78 Å². The minimum absolute atomic E-state index is 0.189. The number of benzene rings is 1. The number of nitrogens with zero attached hydrogens (tertiary/aromatic N) is 1. The van der Waals surface area contributed by atoms with Crippen molar-refractivity contribution in [2.75, 3.05) is 6.54 Å². The number of rotatable bonds is 5.